The second-order valence-electron chi connectivity index (χ2n) is 19.1. The molecule has 0 spiro atoms. The standard InChI is InChI=1S/C40H66N2O5/c1-25(2)26-12-17-40(22-31(43)42-21-20-41)19-18-38(8)27(34(26)40)10-11-29-37(7)15-14-30(36(5,6)28(37)13-16-39(29,38)9)47-33(46)24-35(3,4)23-32(44)45/h26-30,34H,1,10-24,41H2,2-9H3,(H,42,43)(H,44,45)/t26-,27+,28-,29+,30-,34+,37-,38+,39+,40+/m0/s1. The third-order valence-corrected chi connectivity index (χ3v) is 15.7. The molecule has 7 heteroatoms. The second-order valence-corrected chi connectivity index (χ2v) is 19.1. The summed E-state index contributed by atoms with van der Waals surface area (Å²) >= 11 is 0. The van der Waals surface area contributed by atoms with E-state index in [9.17, 15) is 19.5 Å². The van der Waals surface area contributed by atoms with Gasteiger partial charge in [-0.05, 0) is 128 Å². The predicted octanol–water partition coefficient (Wildman–Crippen LogP) is 7.91. The van der Waals surface area contributed by atoms with Gasteiger partial charge in [-0.3, -0.25) is 14.4 Å². The van der Waals surface area contributed by atoms with Crippen molar-refractivity contribution in [1.82, 2.24) is 5.32 Å². The van der Waals surface area contributed by atoms with Gasteiger partial charge in [-0.25, -0.2) is 0 Å². The number of esters is 1. The number of amides is 1. The van der Waals surface area contributed by atoms with Crippen LogP contribution in [0.3, 0.4) is 0 Å². The molecule has 0 radical (unpaired) electrons. The van der Waals surface area contributed by atoms with E-state index >= 15 is 0 Å². The van der Waals surface area contributed by atoms with Gasteiger partial charge in [-0.15, -0.1) is 0 Å². The van der Waals surface area contributed by atoms with E-state index in [1.54, 1.807) is 0 Å². The van der Waals surface area contributed by atoms with Gasteiger partial charge in [0.2, 0.25) is 5.91 Å². The number of fused-ring (bicyclic) bond motifs is 7. The first-order valence-corrected chi connectivity index (χ1v) is 18.8. The SMILES string of the molecule is C=C(C)[C@@H]1CC[C@]2(CC(=O)NCCN)CC[C@]3(C)[C@H](CC[C@@H]4[C@@]5(C)CC[C@H](OC(=O)CC(C)(C)CC(=O)O)C(C)(C)[C@@H]5CC[C@]43C)[C@@H]12. The first kappa shape index (κ1) is 36.4. The third kappa shape index (κ3) is 6.01. The lowest BCUT2D eigenvalue weighted by Gasteiger charge is -2.73. The molecule has 0 aromatic rings. The average molecular weight is 655 g/mol. The highest BCUT2D eigenvalue weighted by molar-refractivity contribution is 5.77. The molecule has 10 atom stereocenters. The Hall–Kier alpha value is -1.89. The van der Waals surface area contributed by atoms with Crippen LogP contribution in [-0.4, -0.2) is 42.1 Å². The Bertz CT molecular complexity index is 1260. The Balaban J connectivity index is 1.39. The van der Waals surface area contributed by atoms with Crippen molar-refractivity contribution in [2.45, 2.75) is 145 Å². The summed E-state index contributed by atoms with van der Waals surface area (Å²) in [7, 11) is 0. The van der Waals surface area contributed by atoms with Crippen LogP contribution >= 0.6 is 0 Å². The van der Waals surface area contributed by atoms with E-state index in [1.165, 1.54) is 31.3 Å². The molecule has 5 saturated carbocycles. The summed E-state index contributed by atoms with van der Waals surface area (Å²) in [5.74, 6) is 1.65. The first-order valence-electron chi connectivity index (χ1n) is 18.8. The van der Waals surface area contributed by atoms with E-state index in [4.69, 9.17) is 10.5 Å². The van der Waals surface area contributed by atoms with Crippen molar-refractivity contribution in [2.75, 3.05) is 13.1 Å². The smallest absolute Gasteiger partial charge is 0.306 e. The molecule has 0 heterocycles. The number of carboxylic acid groups (broad SMARTS) is 1. The quantitative estimate of drug-likeness (QED) is 0.163. The fourth-order valence-corrected chi connectivity index (χ4v) is 13.4. The van der Waals surface area contributed by atoms with Crippen molar-refractivity contribution in [2.24, 2.45) is 67.8 Å². The number of nitrogens with two attached hydrogens (primary N) is 1. The Labute approximate surface area is 285 Å². The van der Waals surface area contributed by atoms with Crippen molar-refractivity contribution >= 4 is 17.8 Å². The van der Waals surface area contributed by atoms with Crippen LogP contribution < -0.4 is 11.1 Å². The van der Waals surface area contributed by atoms with Crippen molar-refractivity contribution in [3.8, 4) is 0 Å². The Morgan fingerprint density at radius 3 is 2.23 bits per heavy atom. The van der Waals surface area contributed by atoms with Gasteiger partial charge in [0.25, 0.3) is 0 Å². The van der Waals surface area contributed by atoms with Crippen LogP contribution in [0.2, 0.25) is 0 Å². The molecule has 0 unspecified atom stereocenters. The number of rotatable bonds is 10. The number of carboxylic acids is 1. The zero-order chi connectivity index (χ0) is 34.8. The molecule has 266 valence electrons. The Morgan fingerprint density at radius 2 is 1.60 bits per heavy atom. The summed E-state index contributed by atoms with van der Waals surface area (Å²) in [4.78, 5) is 37.8. The zero-order valence-electron chi connectivity index (χ0n) is 30.9. The fourth-order valence-electron chi connectivity index (χ4n) is 13.4. The molecule has 0 aliphatic heterocycles. The molecule has 0 aromatic heterocycles. The number of hydrogen-bond acceptors (Lipinski definition) is 5. The van der Waals surface area contributed by atoms with Gasteiger partial charge in [0.15, 0.2) is 0 Å². The summed E-state index contributed by atoms with van der Waals surface area (Å²) in [6.45, 7) is 23.9. The minimum absolute atomic E-state index is 0.0482. The van der Waals surface area contributed by atoms with Gasteiger partial charge in [0.1, 0.15) is 6.10 Å². The highest BCUT2D eigenvalue weighted by atomic mass is 16.5. The number of hydrogen-bond donors (Lipinski definition) is 3. The zero-order valence-corrected chi connectivity index (χ0v) is 30.9. The molecule has 4 N–H and O–H groups in total. The van der Waals surface area contributed by atoms with Crippen LogP contribution in [-0.2, 0) is 19.1 Å². The molecular weight excluding hydrogens is 588 g/mol. The maximum absolute atomic E-state index is 13.2. The second kappa shape index (κ2) is 12.5. The molecule has 7 nitrogen and oxygen atoms in total. The van der Waals surface area contributed by atoms with Crippen LogP contribution in [0.4, 0.5) is 0 Å². The summed E-state index contributed by atoms with van der Waals surface area (Å²) in [5.41, 5.74) is 6.86. The van der Waals surface area contributed by atoms with Crippen molar-refractivity contribution < 1.29 is 24.2 Å². The maximum atomic E-state index is 13.2. The van der Waals surface area contributed by atoms with Gasteiger partial charge in [-0.1, -0.05) is 60.6 Å². The van der Waals surface area contributed by atoms with Crippen molar-refractivity contribution in [3.05, 3.63) is 12.2 Å². The molecule has 0 saturated heterocycles. The summed E-state index contributed by atoms with van der Waals surface area (Å²) in [6.07, 6.45) is 11.8. The molecule has 1 amide bonds. The van der Waals surface area contributed by atoms with E-state index in [0.717, 1.165) is 38.5 Å². The summed E-state index contributed by atoms with van der Waals surface area (Å²) in [5, 5.41) is 12.4. The van der Waals surface area contributed by atoms with Crippen LogP contribution in [0.5, 0.6) is 0 Å². The highest BCUT2D eigenvalue weighted by Gasteiger charge is 2.71. The van der Waals surface area contributed by atoms with Gasteiger partial charge >= 0.3 is 11.9 Å². The van der Waals surface area contributed by atoms with Crippen LogP contribution in [0.15, 0.2) is 12.2 Å². The van der Waals surface area contributed by atoms with Crippen molar-refractivity contribution in [1.29, 1.82) is 0 Å². The van der Waals surface area contributed by atoms with Crippen LogP contribution in [0.25, 0.3) is 0 Å². The number of carbonyl (C=O) groups is 3. The minimum Gasteiger partial charge on any atom is -0.481 e. The summed E-state index contributed by atoms with van der Waals surface area (Å²) < 4.78 is 6.25. The minimum atomic E-state index is -0.884. The van der Waals surface area contributed by atoms with Gasteiger partial charge < -0.3 is 20.9 Å². The van der Waals surface area contributed by atoms with E-state index in [2.05, 4.69) is 53.4 Å². The molecular formula is C40H66N2O5. The van der Waals surface area contributed by atoms with E-state index in [0.29, 0.717) is 49.1 Å². The first-order chi connectivity index (χ1) is 21.8. The lowest BCUT2D eigenvalue weighted by molar-refractivity contribution is -0.250. The molecule has 5 rings (SSSR count). The number of nitrogens with one attached hydrogen (secondary N) is 1. The van der Waals surface area contributed by atoms with Crippen LogP contribution in [0.1, 0.15) is 139 Å². The monoisotopic (exact) mass is 654 g/mol. The number of allylic oxidation sites excluding steroid dienone is 1. The third-order valence-electron chi connectivity index (χ3n) is 15.7. The van der Waals surface area contributed by atoms with Gasteiger partial charge in [0.05, 0.1) is 12.8 Å². The predicted molar refractivity (Wildman–Crippen MR) is 186 cm³/mol. The Kier molecular flexibility index (Phi) is 9.65. The molecule has 5 aliphatic carbocycles. The number of ether oxygens (including phenoxy) is 1. The van der Waals surface area contributed by atoms with E-state index in [-0.39, 0.29) is 57.9 Å². The highest BCUT2D eigenvalue weighted by Crippen LogP contribution is 2.78. The maximum Gasteiger partial charge on any atom is 0.306 e. The Morgan fingerprint density at radius 1 is 0.894 bits per heavy atom. The molecule has 5 fully saturated rings. The van der Waals surface area contributed by atoms with Crippen LogP contribution in [0, 0.1) is 62.1 Å². The molecule has 47 heavy (non-hydrogen) atoms. The molecule has 5 aliphatic rings. The normalized spacial score (nSPS) is 42.2. The van der Waals surface area contributed by atoms with Gasteiger partial charge in [0, 0.05) is 24.9 Å². The topological polar surface area (TPSA) is 119 Å². The lowest BCUT2D eigenvalue weighted by atomic mass is 9.32. The fraction of sp³-hybridized carbons (Fsp3) is 0.875. The lowest BCUT2D eigenvalue weighted by Crippen LogP contribution is -2.67. The van der Waals surface area contributed by atoms with Gasteiger partial charge in [-0.2, -0.15) is 0 Å². The van der Waals surface area contributed by atoms with E-state index in [1.807, 2.05) is 13.8 Å². The van der Waals surface area contributed by atoms with Crippen molar-refractivity contribution in [3.63, 3.8) is 0 Å². The molecule has 0 bridgehead atoms. The summed E-state index contributed by atoms with van der Waals surface area (Å²) in [6, 6.07) is 0. The largest absolute Gasteiger partial charge is 0.481 e. The average Bonchev–Trinajstić information content (AvgIpc) is 3.32. The molecule has 0 aromatic carbocycles. The number of carbonyl (C=O) groups excluding carboxylic acids is 2. The number of aliphatic carboxylic acids is 1. The van der Waals surface area contributed by atoms with E-state index < -0.39 is 11.4 Å².